The van der Waals surface area contributed by atoms with E-state index in [0.717, 1.165) is 24.0 Å². The Labute approximate surface area is 206 Å². The summed E-state index contributed by atoms with van der Waals surface area (Å²) in [6, 6.07) is 13.4. The zero-order valence-electron chi connectivity index (χ0n) is 19.5. The van der Waals surface area contributed by atoms with Crippen molar-refractivity contribution in [1.29, 1.82) is 0 Å². The maximum atomic E-state index is 13.6. The van der Waals surface area contributed by atoms with Crippen LogP contribution in [-0.2, 0) is 24.8 Å². The number of likely N-dealkylation sites (tertiary alicyclic amines) is 1. The Bertz CT molecular complexity index is 1250. The summed E-state index contributed by atoms with van der Waals surface area (Å²) in [6.45, 7) is 0.852. The van der Waals surface area contributed by atoms with Gasteiger partial charge in [-0.25, -0.2) is 25.9 Å². The summed E-state index contributed by atoms with van der Waals surface area (Å²) in [7, 11) is -7.30. The highest BCUT2D eigenvalue weighted by molar-refractivity contribution is 7.89. The van der Waals surface area contributed by atoms with Crippen molar-refractivity contribution in [1.82, 2.24) is 13.9 Å². The molecule has 8 nitrogen and oxygen atoms in total. The fourth-order valence-corrected chi connectivity index (χ4v) is 7.47. The summed E-state index contributed by atoms with van der Waals surface area (Å²) in [5.74, 6) is -1.15. The third kappa shape index (κ3) is 6.08. The summed E-state index contributed by atoms with van der Waals surface area (Å²) in [6.07, 6.45) is 3.15. The van der Waals surface area contributed by atoms with Gasteiger partial charge < -0.3 is 4.90 Å². The van der Waals surface area contributed by atoms with E-state index >= 15 is 0 Å². The van der Waals surface area contributed by atoms with E-state index in [1.165, 1.54) is 16.4 Å². The molecule has 0 spiro atoms. The molecular formula is C24H30FN3O5S2. The first-order valence-electron chi connectivity index (χ1n) is 11.6. The standard InChI is InChI=1S/C24H30FN3O5S2/c1-34(30,31)26-21-13-15-27(16-14-21)24(29)19-7-12-23(18-5-3-2-4-6-18)28(17-19)35(32,33)22-10-8-20(25)9-11-22/h2-6,8-11,19,21,23,26H,7,12-17H2,1H3/t19-,23-/m1/s1. The Morgan fingerprint density at radius 3 is 2.14 bits per heavy atom. The molecule has 2 saturated heterocycles. The average Bonchev–Trinajstić information content (AvgIpc) is 2.83. The van der Waals surface area contributed by atoms with Gasteiger partial charge in [-0.05, 0) is 55.5 Å². The second kappa shape index (κ2) is 10.3. The largest absolute Gasteiger partial charge is 0.342 e. The Morgan fingerprint density at radius 2 is 1.54 bits per heavy atom. The van der Waals surface area contributed by atoms with Gasteiger partial charge in [0, 0.05) is 25.7 Å². The van der Waals surface area contributed by atoms with Crippen molar-refractivity contribution < 1.29 is 26.0 Å². The minimum absolute atomic E-state index is 0.0133. The van der Waals surface area contributed by atoms with E-state index in [-0.39, 0.29) is 23.4 Å². The van der Waals surface area contributed by atoms with E-state index in [0.29, 0.717) is 38.8 Å². The van der Waals surface area contributed by atoms with Crippen LogP contribution in [0, 0.1) is 11.7 Å². The van der Waals surface area contributed by atoms with Crippen LogP contribution in [0.25, 0.3) is 0 Å². The van der Waals surface area contributed by atoms with Crippen molar-refractivity contribution in [3.05, 3.63) is 66.0 Å². The third-order valence-corrected chi connectivity index (χ3v) is 9.33. The van der Waals surface area contributed by atoms with Crippen LogP contribution in [-0.4, -0.2) is 63.9 Å². The van der Waals surface area contributed by atoms with E-state index in [1.54, 1.807) is 4.90 Å². The third-order valence-electron chi connectivity index (χ3n) is 6.68. The quantitative estimate of drug-likeness (QED) is 0.627. The smallest absolute Gasteiger partial charge is 0.243 e. The monoisotopic (exact) mass is 523 g/mol. The number of benzene rings is 2. The number of carbonyl (C=O) groups excluding carboxylic acids is 1. The molecule has 0 saturated carbocycles. The molecule has 2 aliphatic heterocycles. The van der Waals surface area contributed by atoms with E-state index < -0.39 is 37.8 Å². The van der Waals surface area contributed by atoms with Gasteiger partial charge in [0.1, 0.15) is 5.82 Å². The molecule has 1 amide bonds. The van der Waals surface area contributed by atoms with Crippen LogP contribution in [0.2, 0.25) is 0 Å². The van der Waals surface area contributed by atoms with Gasteiger partial charge in [-0.3, -0.25) is 4.79 Å². The van der Waals surface area contributed by atoms with Gasteiger partial charge in [-0.1, -0.05) is 30.3 Å². The molecule has 4 rings (SSSR count). The molecule has 0 radical (unpaired) electrons. The van der Waals surface area contributed by atoms with E-state index in [2.05, 4.69) is 4.72 Å². The number of amides is 1. The molecule has 0 aromatic heterocycles. The van der Waals surface area contributed by atoms with Gasteiger partial charge >= 0.3 is 0 Å². The normalized spacial score (nSPS) is 22.7. The predicted molar refractivity (Wildman–Crippen MR) is 130 cm³/mol. The van der Waals surface area contributed by atoms with Gasteiger partial charge in [0.05, 0.1) is 23.1 Å². The highest BCUT2D eigenvalue weighted by Crippen LogP contribution is 2.38. The molecule has 0 aliphatic carbocycles. The van der Waals surface area contributed by atoms with Gasteiger partial charge in [0.15, 0.2) is 0 Å². The molecule has 0 unspecified atom stereocenters. The van der Waals surface area contributed by atoms with Crippen molar-refractivity contribution in [3.8, 4) is 0 Å². The Balaban J connectivity index is 1.54. The lowest BCUT2D eigenvalue weighted by molar-refractivity contribution is -0.138. The van der Waals surface area contributed by atoms with Crippen LogP contribution in [0.1, 0.15) is 37.3 Å². The second-order valence-electron chi connectivity index (χ2n) is 9.22. The molecule has 2 atom stereocenters. The number of piperidine rings is 2. The molecular weight excluding hydrogens is 493 g/mol. The number of nitrogens with one attached hydrogen (secondary N) is 1. The van der Waals surface area contributed by atoms with Crippen molar-refractivity contribution in [2.45, 2.75) is 42.7 Å². The minimum Gasteiger partial charge on any atom is -0.342 e. The number of sulfonamides is 2. The summed E-state index contributed by atoms with van der Waals surface area (Å²) in [4.78, 5) is 15.0. The molecule has 2 fully saturated rings. The van der Waals surface area contributed by atoms with Crippen molar-refractivity contribution in [2.24, 2.45) is 5.92 Å². The van der Waals surface area contributed by atoms with E-state index in [4.69, 9.17) is 0 Å². The number of halogens is 1. The van der Waals surface area contributed by atoms with Crippen LogP contribution in [0.15, 0.2) is 59.5 Å². The molecule has 2 aromatic carbocycles. The summed E-state index contributed by atoms with van der Waals surface area (Å²) in [5.41, 5.74) is 0.844. The first-order valence-corrected chi connectivity index (χ1v) is 15.0. The van der Waals surface area contributed by atoms with Crippen molar-refractivity contribution in [3.63, 3.8) is 0 Å². The maximum Gasteiger partial charge on any atom is 0.243 e. The first kappa shape index (κ1) is 25.7. The van der Waals surface area contributed by atoms with Crippen LogP contribution in [0.5, 0.6) is 0 Å². The van der Waals surface area contributed by atoms with Crippen LogP contribution in [0.4, 0.5) is 4.39 Å². The lowest BCUT2D eigenvalue weighted by Crippen LogP contribution is -2.51. The summed E-state index contributed by atoms with van der Waals surface area (Å²) < 4.78 is 67.7. The molecule has 190 valence electrons. The highest BCUT2D eigenvalue weighted by atomic mass is 32.2. The minimum atomic E-state index is -3.98. The topological polar surface area (TPSA) is 104 Å². The lowest BCUT2D eigenvalue weighted by atomic mass is 9.89. The number of carbonyl (C=O) groups is 1. The second-order valence-corrected chi connectivity index (χ2v) is 12.9. The average molecular weight is 524 g/mol. The lowest BCUT2D eigenvalue weighted by Gasteiger charge is -2.41. The van der Waals surface area contributed by atoms with Crippen LogP contribution < -0.4 is 4.72 Å². The maximum absolute atomic E-state index is 13.6. The predicted octanol–water partition coefficient (Wildman–Crippen LogP) is 2.51. The Hall–Kier alpha value is -2.34. The highest BCUT2D eigenvalue weighted by Gasteiger charge is 2.41. The fraction of sp³-hybridized carbons (Fsp3) is 0.458. The fourth-order valence-electron chi connectivity index (χ4n) is 4.93. The van der Waals surface area contributed by atoms with Gasteiger partial charge in [-0.2, -0.15) is 4.31 Å². The van der Waals surface area contributed by atoms with E-state index in [1.807, 2.05) is 30.3 Å². The number of nitrogens with zero attached hydrogens (tertiary/aromatic N) is 2. The zero-order chi connectivity index (χ0) is 25.2. The molecule has 2 aromatic rings. The summed E-state index contributed by atoms with van der Waals surface area (Å²) in [5, 5.41) is 0. The molecule has 1 N–H and O–H groups in total. The number of hydrogen-bond donors (Lipinski definition) is 1. The Kier molecular flexibility index (Phi) is 7.60. The first-order chi connectivity index (χ1) is 16.5. The molecule has 35 heavy (non-hydrogen) atoms. The number of hydrogen-bond acceptors (Lipinski definition) is 5. The number of rotatable bonds is 6. The SMILES string of the molecule is CS(=O)(=O)NC1CCN(C(=O)[C@@H]2CC[C@H](c3ccccc3)N(S(=O)(=O)c3ccc(F)cc3)C2)CC1. The van der Waals surface area contributed by atoms with Crippen LogP contribution in [0.3, 0.4) is 0 Å². The summed E-state index contributed by atoms with van der Waals surface area (Å²) >= 11 is 0. The Morgan fingerprint density at radius 1 is 0.914 bits per heavy atom. The van der Waals surface area contributed by atoms with E-state index in [9.17, 15) is 26.0 Å². The van der Waals surface area contributed by atoms with Gasteiger partial charge in [-0.15, -0.1) is 0 Å². The van der Waals surface area contributed by atoms with Gasteiger partial charge in [0.25, 0.3) is 0 Å². The molecule has 0 bridgehead atoms. The van der Waals surface area contributed by atoms with Gasteiger partial charge in [0.2, 0.25) is 26.0 Å². The van der Waals surface area contributed by atoms with Crippen molar-refractivity contribution in [2.75, 3.05) is 25.9 Å². The molecule has 11 heteroatoms. The molecule has 2 aliphatic rings. The van der Waals surface area contributed by atoms with Crippen LogP contribution >= 0.6 is 0 Å². The van der Waals surface area contributed by atoms with Crippen molar-refractivity contribution >= 4 is 26.0 Å². The zero-order valence-corrected chi connectivity index (χ0v) is 21.1. The molecule has 2 heterocycles.